The SMILES string of the molecule is CCCCCNc1ccc(C(=O)Nc2ccccc2C(C)(C)C)nn1. The average Bonchev–Trinajstić information content (AvgIpc) is 2.59. The Labute approximate surface area is 150 Å². The minimum absolute atomic E-state index is 0.0538. The number of nitrogens with one attached hydrogen (secondary N) is 2. The van der Waals surface area contributed by atoms with Crippen molar-refractivity contribution in [2.75, 3.05) is 17.2 Å². The zero-order valence-electron chi connectivity index (χ0n) is 15.6. The number of nitrogens with zero attached hydrogens (tertiary/aromatic N) is 2. The van der Waals surface area contributed by atoms with Gasteiger partial charge >= 0.3 is 0 Å². The van der Waals surface area contributed by atoms with E-state index in [1.54, 1.807) is 12.1 Å². The van der Waals surface area contributed by atoms with Crippen LogP contribution < -0.4 is 10.6 Å². The number of carbonyl (C=O) groups is 1. The Kier molecular flexibility index (Phi) is 6.51. The van der Waals surface area contributed by atoms with E-state index in [9.17, 15) is 4.79 Å². The van der Waals surface area contributed by atoms with E-state index in [-0.39, 0.29) is 11.3 Å². The maximum Gasteiger partial charge on any atom is 0.276 e. The van der Waals surface area contributed by atoms with Crippen LogP contribution in [0.5, 0.6) is 0 Å². The predicted octanol–water partition coefficient (Wildman–Crippen LogP) is 4.63. The Bertz CT molecular complexity index is 690. The van der Waals surface area contributed by atoms with Gasteiger partial charge in [-0.25, -0.2) is 0 Å². The van der Waals surface area contributed by atoms with Crippen molar-refractivity contribution in [3.05, 3.63) is 47.7 Å². The lowest BCUT2D eigenvalue weighted by Crippen LogP contribution is -2.19. The Morgan fingerprint density at radius 3 is 2.44 bits per heavy atom. The van der Waals surface area contributed by atoms with E-state index >= 15 is 0 Å². The summed E-state index contributed by atoms with van der Waals surface area (Å²) in [4.78, 5) is 12.5. The van der Waals surface area contributed by atoms with Gasteiger partial charge in [0.1, 0.15) is 5.82 Å². The topological polar surface area (TPSA) is 66.9 Å². The second-order valence-corrected chi connectivity index (χ2v) is 7.19. The van der Waals surface area contributed by atoms with Crippen LogP contribution >= 0.6 is 0 Å². The van der Waals surface area contributed by atoms with Crippen LogP contribution in [0, 0.1) is 0 Å². The standard InChI is InChI=1S/C20H28N4O/c1-5-6-9-14-21-18-13-12-17(23-24-18)19(25)22-16-11-8-7-10-15(16)20(2,3)4/h7-8,10-13H,5-6,9,14H2,1-4H3,(H,21,24)(H,22,25). The zero-order valence-corrected chi connectivity index (χ0v) is 15.6. The van der Waals surface area contributed by atoms with E-state index in [4.69, 9.17) is 0 Å². The summed E-state index contributed by atoms with van der Waals surface area (Å²) in [5.41, 5.74) is 2.15. The predicted molar refractivity (Wildman–Crippen MR) is 103 cm³/mol. The molecule has 0 bridgehead atoms. The molecular formula is C20H28N4O. The molecule has 25 heavy (non-hydrogen) atoms. The molecule has 0 radical (unpaired) electrons. The van der Waals surface area contributed by atoms with Crippen LogP contribution in [0.2, 0.25) is 0 Å². The van der Waals surface area contributed by atoms with Crippen LogP contribution in [0.3, 0.4) is 0 Å². The van der Waals surface area contributed by atoms with Gasteiger partial charge < -0.3 is 10.6 Å². The van der Waals surface area contributed by atoms with Crippen molar-refractivity contribution in [1.29, 1.82) is 0 Å². The summed E-state index contributed by atoms with van der Waals surface area (Å²) >= 11 is 0. The van der Waals surface area contributed by atoms with Crippen LogP contribution in [0.1, 0.15) is 63.0 Å². The molecule has 2 aromatic rings. The number of unbranched alkanes of at least 4 members (excludes halogenated alkanes) is 2. The summed E-state index contributed by atoms with van der Waals surface area (Å²) in [7, 11) is 0. The van der Waals surface area contributed by atoms with Gasteiger partial charge in [-0.2, -0.15) is 0 Å². The molecule has 0 saturated carbocycles. The maximum absolute atomic E-state index is 12.5. The molecule has 5 nitrogen and oxygen atoms in total. The minimum Gasteiger partial charge on any atom is -0.369 e. The highest BCUT2D eigenvalue weighted by atomic mass is 16.1. The van der Waals surface area contributed by atoms with E-state index in [0.717, 1.165) is 24.2 Å². The van der Waals surface area contributed by atoms with Crippen LogP contribution in [0.15, 0.2) is 36.4 Å². The molecule has 0 atom stereocenters. The Morgan fingerprint density at radius 2 is 1.80 bits per heavy atom. The molecule has 0 unspecified atom stereocenters. The molecule has 2 N–H and O–H groups in total. The van der Waals surface area contributed by atoms with Gasteiger partial charge in [0.05, 0.1) is 0 Å². The van der Waals surface area contributed by atoms with Crippen molar-refractivity contribution in [2.45, 2.75) is 52.4 Å². The van der Waals surface area contributed by atoms with E-state index in [1.165, 1.54) is 12.8 Å². The fourth-order valence-electron chi connectivity index (χ4n) is 2.57. The lowest BCUT2D eigenvalue weighted by molar-refractivity contribution is 0.102. The third kappa shape index (κ3) is 5.55. The summed E-state index contributed by atoms with van der Waals surface area (Å²) < 4.78 is 0. The molecule has 1 amide bonds. The van der Waals surface area contributed by atoms with Gasteiger partial charge in [0, 0.05) is 12.2 Å². The van der Waals surface area contributed by atoms with Gasteiger partial charge in [0.25, 0.3) is 5.91 Å². The third-order valence-corrected chi connectivity index (χ3v) is 3.97. The van der Waals surface area contributed by atoms with Gasteiger partial charge in [-0.3, -0.25) is 4.79 Å². The van der Waals surface area contributed by atoms with Crippen molar-refractivity contribution in [2.24, 2.45) is 0 Å². The average molecular weight is 340 g/mol. The van der Waals surface area contributed by atoms with E-state index < -0.39 is 0 Å². The minimum atomic E-state index is -0.248. The van der Waals surface area contributed by atoms with Gasteiger partial charge in [-0.15, -0.1) is 10.2 Å². The van der Waals surface area contributed by atoms with Crippen molar-refractivity contribution < 1.29 is 4.79 Å². The molecule has 0 saturated heterocycles. The number of amides is 1. The number of hydrogen-bond acceptors (Lipinski definition) is 4. The van der Waals surface area contributed by atoms with Gasteiger partial charge in [0.15, 0.2) is 5.69 Å². The highest BCUT2D eigenvalue weighted by Gasteiger charge is 2.19. The number of para-hydroxylation sites is 1. The first kappa shape index (κ1) is 18.9. The number of rotatable bonds is 7. The van der Waals surface area contributed by atoms with Gasteiger partial charge in [0.2, 0.25) is 0 Å². The van der Waals surface area contributed by atoms with E-state index in [1.807, 2.05) is 24.3 Å². The quantitative estimate of drug-likeness (QED) is 0.721. The first-order valence-electron chi connectivity index (χ1n) is 8.90. The van der Waals surface area contributed by atoms with Gasteiger partial charge in [-0.1, -0.05) is 58.7 Å². The van der Waals surface area contributed by atoms with Crippen LogP contribution in [-0.4, -0.2) is 22.6 Å². The van der Waals surface area contributed by atoms with E-state index in [0.29, 0.717) is 11.5 Å². The number of hydrogen-bond donors (Lipinski definition) is 2. The molecule has 0 aliphatic carbocycles. The second kappa shape index (κ2) is 8.60. The molecule has 0 fully saturated rings. The lowest BCUT2D eigenvalue weighted by Gasteiger charge is -2.22. The van der Waals surface area contributed by atoms with Gasteiger partial charge in [-0.05, 0) is 35.6 Å². The molecule has 134 valence electrons. The molecule has 1 heterocycles. The first-order valence-corrected chi connectivity index (χ1v) is 8.90. The Balaban J connectivity index is 2.02. The molecule has 1 aromatic carbocycles. The molecule has 2 rings (SSSR count). The molecule has 1 aromatic heterocycles. The van der Waals surface area contributed by atoms with E-state index in [2.05, 4.69) is 48.5 Å². The summed E-state index contributed by atoms with van der Waals surface area (Å²) in [6, 6.07) is 11.3. The summed E-state index contributed by atoms with van der Waals surface area (Å²) in [5.74, 6) is 0.449. The number of carbonyl (C=O) groups excluding carboxylic acids is 1. The van der Waals surface area contributed by atoms with Crippen molar-refractivity contribution >= 4 is 17.4 Å². The number of anilines is 2. The summed E-state index contributed by atoms with van der Waals surface area (Å²) in [6.07, 6.45) is 3.47. The monoisotopic (exact) mass is 340 g/mol. The summed E-state index contributed by atoms with van der Waals surface area (Å²) in [5, 5.41) is 14.3. The summed E-state index contributed by atoms with van der Waals surface area (Å²) in [6.45, 7) is 9.41. The molecule has 5 heteroatoms. The Hall–Kier alpha value is -2.43. The number of benzene rings is 1. The van der Waals surface area contributed by atoms with Crippen LogP contribution in [0.25, 0.3) is 0 Å². The lowest BCUT2D eigenvalue weighted by atomic mass is 9.86. The van der Waals surface area contributed by atoms with Crippen molar-refractivity contribution in [3.8, 4) is 0 Å². The number of aromatic nitrogens is 2. The fourth-order valence-corrected chi connectivity index (χ4v) is 2.57. The molecule has 0 aliphatic rings. The Morgan fingerprint density at radius 1 is 1.04 bits per heavy atom. The molecule has 0 aliphatic heterocycles. The van der Waals surface area contributed by atoms with Crippen molar-refractivity contribution in [3.63, 3.8) is 0 Å². The van der Waals surface area contributed by atoms with Crippen LogP contribution in [-0.2, 0) is 5.41 Å². The van der Waals surface area contributed by atoms with Crippen LogP contribution in [0.4, 0.5) is 11.5 Å². The highest BCUT2D eigenvalue weighted by Crippen LogP contribution is 2.29. The normalized spacial score (nSPS) is 11.2. The zero-order chi connectivity index (χ0) is 18.3. The first-order chi connectivity index (χ1) is 11.9. The highest BCUT2D eigenvalue weighted by molar-refractivity contribution is 6.03. The molecular weight excluding hydrogens is 312 g/mol. The molecule has 0 spiro atoms. The fraction of sp³-hybridized carbons (Fsp3) is 0.450. The smallest absolute Gasteiger partial charge is 0.276 e. The third-order valence-electron chi connectivity index (χ3n) is 3.97. The largest absolute Gasteiger partial charge is 0.369 e. The second-order valence-electron chi connectivity index (χ2n) is 7.19. The van der Waals surface area contributed by atoms with Crippen molar-refractivity contribution in [1.82, 2.24) is 10.2 Å². The maximum atomic E-state index is 12.5.